The van der Waals surface area contributed by atoms with Crippen LogP contribution in [-0.4, -0.2) is 38.6 Å². The molecule has 0 aliphatic carbocycles. The van der Waals surface area contributed by atoms with E-state index < -0.39 is 0 Å². The summed E-state index contributed by atoms with van der Waals surface area (Å²) >= 11 is 0. The number of ether oxygens (including phenoxy) is 4. The topological polar surface area (TPSA) is 43.5 Å². The molecule has 4 rings (SSSR count). The van der Waals surface area contributed by atoms with Crippen molar-refractivity contribution in [1.29, 1.82) is 0 Å². The van der Waals surface area contributed by atoms with Crippen LogP contribution in [-0.2, 0) is 26.5 Å². The fraction of sp³-hybridized carbons (Fsp3) is 0.375. The zero-order valence-electron chi connectivity index (χ0n) is 11.6. The number of epoxide rings is 2. The molecule has 2 aliphatic rings. The van der Waals surface area contributed by atoms with Crippen molar-refractivity contribution in [3.05, 3.63) is 48.5 Å². The van der Waals surface area contributed by atoms with E-state index in [1.54, 1.807) is 0 Å². The minimum atomic E-state index is 0. The van der Waals surface area contributed by atoms with Gasteiger partial charge in [0.25, 0.3) is 0 Å². The standard InChI is InChI=1S/2C8H9O2.Fe/c2*1-2-4-7(3-1)9-5-8-6-10-8;/h2*1-4,8H,5-6H2;/q2*-1;+2. The van der Waals surface area contributed by atoms with E-state index in [0.29, 0.717) is 25.4 Å². The Morgan fingerprint density at radius 1 is 0.905 bits per heavy atom. The Morgan fingerprint density at radius 2 is 1.33 bits per heavy atom. The zero-order chi connectivity index (χ0) is 13.6. The molecule has 2 unspecified atom stereocenters. The first-order valence-electron chi connectivity index (χ1n) is 6.82. The molecule has 0 amide bonds. The second-order valence-corrected chi connectivity index (χ2v) is 4.77. The maximum atomic E-state index is 5.34. The van der Waals surface area contributed by atoms with E-state index in [2.05, 4.69) is 0 Å². The zero-order valence-corrected chi connectivity index (χ0v) is 12.7. The first kappa shape index (κ1) is 16.1. The molecule has 2 aromatic carbocycles. The second kappa shape index (κ2) is 8.25. The fourth-order valence-electron chi connectivity index (χ4n) is 1.61. The number of hydrogen-bond acceptors (Lipinski definition) is 4. The summed E-state index contributed by atoms with van der Waals surface area (Å²) in [5.74, 6) is 1.88. The van der Waals surface area contributed by atoms with Crippen molar-refractivity contribution in [3.63, 3.8) is 0 Å². The van der Waals surface area contributed by atoms with Crippen LogP contribution in [0.15, 0.2) is 48.5 Å². The third-order valence-corrected chi connectivity index (χ3v) is 2.94. The van der Waals surface area contributed by atoms with Gasteiger partial charge in [0.1, 0.15) is 12.2 Å². The summed E-state index contributed by atoms with van der Waals surface area (Å²) in [6.45, 7) is 3.12. The van der Waals surface area contributed by atoms with Crippen molar-refractivity contribution in [2.75, 3.05) is 26.4 Å². The van der Waals surface area contributed by atoms with Crippen LogP contribution in [0.4, 0.5) is 0 Å². The van der Waals surface area contributed by atoms with Gasteiger partial charge in [-0.2, -0.15) is 36.4 Å². The van der Waals surface area contributed by atoms with Gasteiger partial charge in [0.05, 0.1) is 26.4 Å². The molecule has 2 atom stereocenters. The molecule has 114 valence electrons. The van der Waals surface area contributed by atoms with Gasteiger partial charge < -0.3 is 18.9 Å². The van der Waals surface area contributed by atoms with Gasteiger partial charge in [0, 0.05) is 0 Å². The van der Waals surface area contributed by atoms with Crippen LogP contribution >= 0.6 is 0 Å². The van der Waals surface area contributed by atoms with E-state index in [1.165, 1.54) is 0 Å². The molecule has 0 N–H and O–H groups in total. The van der Waals surface area contributed by atoms with Crippen molar-refractivity contribution in [2.24, 2.45) is 0 Å². The van der Waals surface area contributed by atoms with Gasteiger partial charge in [-0.05, 0) is 11.5 Å². The Bertz CT molecular complexity index is 426. The molecule has 0 radical (unpaired) electrons. The predicted molar refractivity (Wildman–Crippen MR) is 74.5 cm³/mol. The molecule has 2 saturated heterocycles. The van der Waals surface area contributed by atoms with Crippen molar-refractivity contribution in [1.82, 2.24) is 0 Å². The molecule has 0 aromatic heterocycles. The van der Waals surface area contributed by atoms with Crippen molar-refractivity contribution in [3.8, 4) is 11.5 Å². The molecule has 21 heavy (non-hydrogen) atoms. The molecule has 0 spiro atoms. The van der Waals surface area contributed by atoms with Crippen LogP contribution in [0.1, 0.15) is 0 Å². The van der Waals surface area contributed by atoms with Crippen molar-refractivity contribution < 1.29 is 36.0 Å². The molecule has 2 aromatic rings. The summed E-state index contributed by atoms with van der Waals surface area (Å²) in [5.41, 5.74) is 0. The maximum Gasteiger partial charge on any atom is 2.00 e. The van der Waals surface area contributed by atoms with E-state index in [0.717, 1.165) is 24.7 Å². The third-order valence-electron chi connectivity index (χ3n) is 2.94. The second-order valence-electron chi connectivity index (χ2n) is 4.77. The Morgan fingerprint density at radius 3 is 1.62 bits per heavy atom. The predicted octanol–water partition coefficient (Wildman–Crippen LogP) is 2.36. The average molecular weight is 330 g/mol. The molecule has 0 saturated carbocycles. The van der Waals surface area contributed by atoms with Gasteiger partial charge in [0.15, 0.2) is 0 Å². The number of hydrogen-bond donors (Lipinski definition) is 0. The average Bonchev–Trinajstić information content (AvgIpc) is 3.38. The summed E-state index contributed by atoms with van der Waals surface area (Å²) in [4.78, 5) is 0. The van der Waals surface area contributed by atoms with E-state index in [4.69, 9.17) is 18.9 Å². The van der Waals surface area contributed by atoms with Gasteiger partial charge >= 0.3 is 17.1 Å². The molecule has 4 nitrogen and oxygen atoms in total. The van der Waals surface area contributed by atoms with Gasteiger partial charge in [-0.15, -0.1) is 12.1 Å². The van der Waals surface area contributed by atoms with Crippen molar-refractivity contribution >= 4 is 0 Å². The van der Waals surface area contributed by atoms with Gasteiger partial charge in [-0.1, -0.05) is 0 Å². The first-order chi connectivity index (χ1) is 9.90. The maximum absolute atomic E-state index is 5.34. The fourth-order valence-corrected chi connectivity index (χ4v) is 1.61. The van der Waals surface area contributed by atoms with E-state index in [-0.39, 0.29) is 17.1 Å². The summed E-state index contributed by atoms with van der Waals surface area (Å²) in [6.07, 6.45) is 0.713. The van der Waals surface area contributed by atoms with E-state index >= 15 is 0 Å². The van der Waals surface area contributed by atoms with Gasteiger partial charge in [0.2, 0.25) is 0 Å². The minimum absolute atomic E-state index is 0. The summed E-state index contributed by atoms with van der Waals surface area (Å²) in [5, 5.41) is 0. The van der Waals surface area contributed by atoms with Gasteiger partial charge in [-0.25, -0.2) is 0 Å². The normalized spacial score (nSPS) is 21.5. The Kier molecular flexibility index (Phi) is 6.33. The number of rotatable bonds is 6. The monoisotopic (exact) mass is 330 g/mol. The Labute approximate surface area is 135 Å². The van der Waals surface area contributed by atoms with Crippen LogP contribution in [0, 0.1) is 0 Å². The summed E-state index contributed by atoms with van der Waals surface area (Å²) < 4.78 is 20.7. The van der Waals surface area contributed by atoms with Crippen LogP contribution in [0.5, 0.6) is 11.5 Å². The van der Waals surface area contributed by atoms with Crippen LogP contribution in [0.2, 0.25) is 0 Å². The Balaban J connectivity index is 0.000000147. The van der Waals surface area contributed by atoms with E-state index in [1.807, 2.05) is 48.5 Å². The smallest absolute Gasteiger partial charge is 0.560 e. The van der Waals surface area contributed by atoms with E-state index in [9.17, 15) is 0 Å². The molecule has 2 aliphatic heterocycles. The largest absolute Gasteiger partial charge is 2.00 e. The quantitative estimate of drug-likeness (QED) is 0.463. The molecule has 5 heteroatoms. The van der Waals surface area contributed by atoms with Gasteiger partial charge in [-0.3, -0.25) is 0 Å². The molecule has 0 bridgehead atoms. The van der Waals surface area contributed by atoms with Crippen molar-refractivity contribution in [2.45, 2.75) is 12.2 Å². The molecular weight excluding hydrogens is 312 g/mol. The molecular formula is C16H18FeO4. The van der Waals surface area contributed by atoms with Crippen LogP contribution in [0.25, 0.3) is 0 Å². The molecule has 2 fully saturated rings. The Hall–Kier alpha value is -1.26. The first-order valence-corrected chi connectivity index (χ1v) is 6.82. The van der Waals surface area contributed by atoms with Crippen LogP contribution in [0.3, 0.4) is 0 Å². The minimum Gasteiger partial charge on any atom is -0.560 e. The SMILES string of the molecule is [Fe+2].c1cc(OCC2CO2)c[cH-]1.c1cc(OCC2CO2)c[cH-]1. The summed E-state index contributed by atoms with van der Waals surface area (Å²) in [6, 6.07) is 15.6. The summed E-state index contributed by atoms with van der Waals surface area (Å²) in [7, 11) is 0. The van der Waals surface area contributed by atoms with Crippen LogP contribution < -0.4 is 9.47 Å². The third kappa shape index (κ3) is 6.36. The molecule has 2 heterocycles.